The van der Waals surface area contributed by atoms with Gasteiger partial charge in [0.1, 0.15) is 15.2 Å². The van der Waals surface area contributed by atoms with Crippen molar-refractivity contribution in [1.29, 1.82) is 5.26 Å². The zero-order valence-electron chi connectivity index (χ0n) is 10.2. The van der Waals surface area contributed by atoms with Crippen molar-refractivity contribution >= 4 is 21.4 Å². The Balaban J connectivity index is 1.95. The summed E-state index contributed by atoms with van der Waals surface area (Å²) in [6.45, 7) is 0. The van der Waals surface area contributed by atoms with Crippen molar-refractivity contribution in [1.82, 2.24) is 4.31 Å². The van der Waals surface area contributed by atoms with Crippen LogP contribution in [0, 0.1) is 11.3 Å². The van der Waals surface area contributed by atoms with Crippen molar-refractivity contribution in [3.05, 3.63) is 17.0 Å². The van der Waals surface area contributed by atoms with Crippen LogP contribution in [0.25, 0.3) is 0 Å². The molecule has 0 radical (unpaired) electrons. The molecule has 0 aromatic carbocycles. The van der Waals surface area contributed by atoms with Crippen LogP contribution in [0.1, 0.15) is 30.6 Å². The molecule has 3 heterocycles. The van der Waals surface area contributed by atoms with E-state index in [1.54, 1.807) is 4.31 Å². The fourth-order valence-electron chi connectivity index (χ4n) is 3.12. The number of aliphatic hydroxyl groups is 1. The quantitative estimate of drug-likeness (QED) is 0.892. The molecule has 7 heteroatoms. The standard InChI is InChI=1S/C12H14N2O3S2/c13-7-11-3-4-12(18-11)19(16,17)14-8-1-2-9(14)6-10(15)5-8/h3-4,8-10,15H,1-2,5-6H2. The van der Waals surface area contributed by atoms with Crippen LogP contribution in [0.15, 0.2) is 16.3 Å². The summed E-state index contributed by atoms with van der Waals surface area (Å²) in [5, 5.41) is 18.5. The second kappa shape index (κ2) is 4.56. The normalized spacial score (nSPS) is 31.3. The molecule has 2 saturated heterocycles. The Kier molecular flexibility index (Phi) is 3.14. The van der Waals surface area contributed by atoms with Gasteiger partial charge in [-0.05, 0) is 37.8 Å². The molecule has 5 nitrogen and oxygen atoms in total. The molecule has 0 saturated carbocycles. The lowest BCUT2D eigenvalue weighted by Crippen LogP contribution is -2.47. The Morgan fingerprint density at radius 1 is 1.32 bits per heavy atom. The lowest BCUT2D eigenvalue weighted by atomic mass is 10.0. The maximum Gasteiger partial charge on any atom is 0.253 e. The minimum atomic E-state index is -3.52. The summed E-state index contributed by atoms with van der Waals surface area (Å²) in [5.41, 5.74) is 0. The second-order valence-corrected chi connectivity index (χ2v) is 8.23. The third-order valence-corrected chi connectivity index (χ3v) is 7.33. The molecule has 2 bridgehead atoms. The Bertz CT molecular complexity index is 618. The number of nitrogens with zero attached hydrogens (tertiary/aromatic N) is 2. The zero-order chi connectivity index (χ0) is 13.6. The van der Waals surface area contributed by atoms with E-state index in [2.05, 4.69) is 0 Å². The number of hydrogen-bond acceptors (Lipinski definition) is 5. The van der Waals surface area contributed by atoms with E-state index in [1.165, 1.54) is 12.1 Å². The topological polar surface area (TPSA) is 81.4 Å². The van der Waals surface area contributed by atoms with Crippen molar-refractivity contribution in [2.75, 3.05) is 0 Å². The summed E-state index contributed by atoms with van der Waals surface area (Å²) in [7, 11) is -3.52. The monoisotopic (exact) mass is 298 g/mol. The fourth-order valence-corrected chi connectivity index (χ4v) is 6.22. The molecule has 2 atom stereocenters. The van der Waals surface area contributed by atoms with Gasteiger partial charge in [-0.2, -0.15) is 9.57 Å². The molecular formula is C12H14N2O3S2. The van der Waals surface area contributed by atoms with E-state index in [4.69, 9.17) is 5.26 Å². The van der Waals surface area contributed by atoms with Gasteiger partial charge in [0.05, 0.1) is 6.10 Å². The van der Waals surface area contributed by atoms with Gasteiger partial charge in [0.15, 0.2) is 0 Å². The van der Waals surface area contributed by atoms with Crippen LogP contribution >= 0.6 is 11.3 Å². The van der Waals surface area contributed by atoms with Crippen molar-refractivity contribution < 1.29 is 13.5 Å². The number of sulfonamides is 1. The number of aliphatic hydroxyl groups excluding tert-OH is 1. The molecule has 19 heavy (non-hydrogen) atoms. The number of hydrogen-bond donors (Lipinski definition) is 1. The molecule has 3 rings (SSSR count). The molecule has 1 N–H and O–H groups in total. The lowest BCUT2D eigenvalue weighted by Gasteiger charge is -2.35. The van der Waals surface area contributed by atoms with Gasteiger partial charge in [0.2, 0.25) is 0 Å². The zero-order valence-corrected chi connectivity index (χ0v) is 11.8. The number of nitriles is 1. The average molecular weight is 298 g/mol. The van der Waals surface area contributed by atoms with Gasteiger partial charge >= 0.3 is 0 Å². The van der Waals surface area contributed by atoms with E-state index in [0.717, 1.165) is 24.2 Å². The lowest BCUT2D eigenvalue weighted by molar-refractivity contribution is 0.0769. The van der Waals surface area contributed by atoms with Crippen LogP contribution in [0.3, 0.4) is 0 Å². The van der Waals surface area contributed by atoms with E-state index in [1.807, 2.05) is 6.07 Å². The Morgan fingerprint density at radius 3 is 2.47 bits per heavy atom. The first-order valence-electron chi connectivity index (χ1n) is 6.24. The molecule has 0 aliphatic carbocycles. The molecule has 1 aromatic heterocycles. The first-order valence-corrected chi connectivity index (χ1v) is 8.49. The summed E-state index contributed by atoms with van der Waals surface area (Å²) in [6, 6.07) is 4.82. The number of rotatable bonds is 2. The van der Waals surface area contributed by atoms with E-state index < -0.39 is 10.0 Å². The van der Waals surface area contributed by atoms with Crippen LogP contribution in [0.5, 0.6) is 0 Å². The first-order chi connectivity index (χ1) is 9.02. The Hall–Kier alpha value is -0.940. The molecule has 0 spiro atoms. The Morgan fingerprint density at radius 2 is 1.95 bits per heavy atom. The Labute approximate surface area is 116 Å². The summed E-state index contributed by atoms with van der Waals surface area (Å²) in [4.78, 5) is 0.406. The van der Waals surface area contributed by atoms with Gasteiger partial charge in [-0.1, -0.05) is 0 Å². The molecule has 2 aliphatic heterocycles. The van der Waals surface area contributed by atoms with Gasteiger partial charge in [-0.15, -0.1) is 11.3 Å². The highest BCUT2D eigenvalue weighted by Gasteiger charge is 2.47. The molecule has 2 aliphatic rings. The number of fused-ring (bicyclic) bond motifs is 2. The highest BCUT2D eigenvalue weighted by atomic mass is 32.2. The minimum Gasteiger partial charge on any atom is -0.393 e. The van der Waals surface area contributed by atoms with E-state index in [0.29, 0.717) is 17.7 Å². The van der Waals surface area contributed by atoms with Crippen molar-refractivity contribution in [3.8, 4) is 6.07 Å². The fraction of sp³-hybridized carbons (Fsp3) is 0.583. The summed E-state index contributed by atoms with van der Waals surface area (Å²) < 4.78 is 27.1. The summed E-state index contributed by atoms with van der Waals surface area (Å²) in [6.07, 6.45) is 2.29. The molecule has 0 amide bonds. The SMILES string of the molecule is N#Cc1ccc(S(=O)(=O)N2C3CCC2CC(O)C3)s1. The van der Waals surface area contributed by atoms with Gasteiger partial charge in [0, 0.05) is 12.1 Å². The highest BCUT2D eigenvalue weighted by Crippen LogP contribution is 2.40. The van der Waals surface area contributed by atoms with E-state index in [-0.39, 0.29) is 22.4 Å². The largest absolute Gasteiger partial charge is 0.393 e. The van der Waals surface area contributed by atoms with Gasteiger partial charge in [-0.3, -0.25) is 0 Å². The number of piperidine rings is 1. The molecule has 2 fully saturated rings. The van der Waals surface area contributed by atoms with Gasteiger partial charge in [-0.25, -0.2) is 8.42 Å². The van der Waals surface area contributed by atoms with Crippen LogP contribution in [0.4, 0.5) is 0 Å². The molecule has 102 valence electrons. The average Bonchev–Trinajstić information content (AvgIpc) is 2.93. The molecule has 2 unspecified atom stereocenters. The van der Waals surface area contributed by atoms with Crippen LogP contribution < -0.4 is 0 Å². The highest BCUT2D eigenvalue weighted by molar-refractivity contribution is 7.91. The van der Waals surface area contributed by atoms with Crippen molar-refractivity contribution in [2.24, 2.45) is 0 Å². The second-order valence-electron chi connectivity index (χ2n) is 5.08. The van der Waals surface area contributed by atoms with E-state index in [9.17, 15) is 13.5 Å². The predicted octanol–water partition coefficient (Wildman–Crippen LogP) is 1.30. The predicted molar refractivity (Wildman–Crippen MR) is 70.1 cm³/mol. The van der Waals surface area contributed by atoms with Gasteiger partial charge in [0.25, 0.3) is 10.0 Å². The van der Waals surface area contributed by atoms with Crippen LogP contribution in [0.2, 0.25) is 0 Å². The maximum atomic E-state index is 12.6. The van der Waals surface area contributed by atoms with Crippen molar-refractivity contribution in [2.45, 2.75) is 48.1 Å². The summed E-state index contributed by atoms with van der Waals surface area (Å²) in [5.74, 6) is 0. The molecular weight excluding hydrogens is 284 g/mol. The van der Waals surface area contributed by atoms with Crippen LogP contribution in [-0.2, 0) is 10.0 Å². The van der Waals surface area contributed by atoms with Crippen molar-refractivity contribution in [3.63, 3.8) is 0 Å². The van der Waals surface area contributed by atoms with Gasteiger partial charge < -0.3 is 5.11 Å². The first kappa shape index (κ1) is 13.1. The number of thiophene rings is 1. The molecule has 1 aromatic rings. The van der Waals surface area contributed by atoms with Crippen LogP contribution in [-0.4, -0.2) is 36.0 Å². The maximum absolute atomic E-state index is 12.6. The third kappa shape index (κ3) is 2.09. The third-order valence-electron chi connectivity index (χ3n) is 3.86. The minimum absolute atomic E-state index is 0.0913. The summed E-state index contributed by atoms with van der Waals surface area (Å²) >= 11 is 1.01. The van der Waals surface area contributed by atoms with E-state index >= 15 is 0 Å². The smallest absolute Gasteiger partial charge is 0.253 e.